The molecule has 1 aromatic rings. The second kappa shape index (κ2) is 5.15. The van der Waals surface area contributed by atoms with E-state index >= 15 is 0 Å². The average Bonchev–Trinajstić information content (AvgIpc) is 2.38. The van der Waals surface area contributed by atoms with Gasteiger partial charge in [-0.15, -0.1) is 0 Å². The fourth-order valence-corrected chi connectivity index (χ4v) is 2.55. The molecule has 1 aromatic heterocycles. The van der Waals surface area contributed by atoms with E-state index in [0.717, 1.165) is 24.6 Å². The van der Waals surface area contributed by atoms with Crippen molar-refractivity contribution in [3.05, 3.63) is 16.4 Å². The second-order valence-corrected chi connectivity index (χ2v) is 4.62. The molecule has 2 rings (SSSR count). The van der Waals surface area contributed by atoms with Gasteiger partial charge in [-0.3, -0.25) is 10.1 Å². The monoisotopic (exact) mass is 256 g/mol. The van der Waals surface area contributed by atoms with Gasteiger partial charge in [0.15, 0.2) is 0 Å². The van der Waals surface area contributed by atoms with E-state index in [2.05, 4.69) is 15.4 Å². The van der Waals surface area contributed by atoms with Gasteiger partial charge in [0, 0.05) is 24.6 Å². The minimum absolute atomic E-state index is 0.0400. The maximum atomic E-state index is 11.0. The summed E-state index contributed by atoms with van der Waals surface area (Å²) < 4.78 is 0. The fraction of sp³-hybridized carbons (Fsp3) is 0.500. The van der Waals surface area contributed by atoms with Crippen LogP contribution in [0.15, 0.2) is 6.33 Å². The molecule has 0 unspecified atom stereocenters. The van der Waals surface area contributed by atoms with Crippen LogP contribution < -0.4 is 16.2 Å². The predicted octanol–water partition coefficient (Wildman–Crippen LogP) is 0.224. The van der Waals surface area contributed by atoms with Gasteiger partial charge in [-0.05, 0) is 0 Å². The maximum absolute atomic E-state index is 11.0. The minimum atomic E-state index is -0.508. The van der Waals surface area contributed by atoms with Crippen molar-refractivity contribution in [1.29, 1.82) is 0 Å². The Morgan fingerprint density at radius 1 is 1.47 bits per heavy atom. The number of thioether (sulfide) groups is 1. The maximum Gasteiger partial charge on any atom is 0.354 e. The Labute approximate surface area is 102 Å². The first-order valence-corrected chi connectivity index (χ1v) is 6.18. The molecule has 9 heteroatoms. The molecular formula is C8H12N6O2S. The van der Waals surface area contributed by atoms with E-state index in [1.165, 1.54) is 6.33 Å². The molecule has 1 fully saturated rings. The molecule has 2 heterocycles. The van der Waals surface area contributed by atoms with Crippen molar-refractivity contribution in [2.45, 2.75) is 0 Å². The summed E-state index contributed by atoms with van der Waals surface area (Å²) in [5.41, 5.74) is 2.07. The average molecular weight is 256 g/mol. The third-order valence-electron chi connectivity index (χ3n) is 2.43. The number of nitro groups is 1. The minimum Gasteiger partial charge on any atom is -0.349 e. The molecule has 0 radical (unpaired) electrons. The van der Waals surface area contributed by atoms with Crippen LogP contribution in [0.5, 0.6) is 0 Å². The first-order chi connectivity index (χ1) is 8.24. The second-order valence-electron chi connectivity index (χ2n) is 3.40. The van der Waals surface area contributed by atoms with Crippen molar-refractivity contribution >= 4 is 29.1 Å². The van der Waals surface area contributed by atoms with Gasteiger partial charge < -0.3 is 10.3 Å². The smallest absolute Gasteiger partial charge is 0.349 e. The van der Waals surface area contributed by atoms with Gasteiger partial charge in [-0.25, -0.2) is 15.8 Å². The molecule has 1 aliphatic heterocycles. The van der Waals surface area contributed by atoms with Crippen molar-refractivity contribution in [2.24, 2.45) is 5.84 Å². The van der Waals surface area contributed by atoms with Gasteiger partial charge in [-0.1, -0.05) is 0 Å². The van der Waals surface area contributed by atoms with E-state index in [-0.39, 0.29) is 11.5 Å². The van der Waals surface area contributed by atoms with Gasteiger partial charge >= 0.3 is 5.69 Å². The molecule has 3 N–H and O–H groups in total. The van der Waals surface area contributed by atoms with Crippen LogP contribution in [0.2, 0.25) is 0 Å². The third-order valence-corrected chi connectivity index (χ3v) is 3.38. The van der Waals surface area contributed by atoms with E-state index in [1.807, 2.05) is 16.7 Å². The number of hydrogen-bond acceptors (Lipinski definition) is 8. The van der Waals surface area contributed by atoms with Crippen LogP contribution >= 0.6 is 11.8 Å². The number of nitrogen functional groups attached to an aromatic ring is 1. The van der Waals surface area contributed by atoms with Crippen molar-refractivity contribution in [3.8, 4) is 0 Å². The molecule has 0 atom stereocenters. The molecule has 92 valence electrons. The number of nitrogens with one attached hydrogen (secondary N) is 1. The summed E-state index contributed by atoms with van der Waals surface area (Å²) >= 11 is 1.82. The van der Waals surface area contributed by atoms with E-state index in [4.69, 9.17) is 5.84 Å². The van der Waals surface area contributed by atoms with Crippen LogP contribution in [0.4, 0.5) is 17.3 Å². The van der Waals surface area contributed by atoms with E-state index in [1.54, 1.807) is 0 Å². The number of rotatable bonds is 3. The SMILES string of the molecule is NNc1ncnc(N2CCSCC2)c1[N+](=O)[O-]. The number of anilines is 2. The van der Waals surface area contributed by atoms with Gasteiger partial charge in [0.2, 0.25) is 11.6 Å². The van der Waals surface area contributed by atoms with Crippen molar-refractivity contribution in [3.63, 3.8) is 0 Å². The molecule has 0 saturated carbocycles. The Morgan fingerprint density at radius 2 is 2.18 bits per heavy atom. The Hall–Kier alpha value is -1.61. The predicted molar refractivity (Wildman–Crippen MR) is 66.0 cm³/mol. The summed E-state index contributed by atoms with van der Waals surface area (Å²) in [7, 11) is 0. The number of aromatic nitrogens is 2. The molecule has 0 spiro atoms. The Kier molecular flexibility index (Phi) is 3.59. The topological polar surface area (TPSA) is 110 Å². The molecule has 0 aliphatic carbocycles. The van der Waals surface area contributed by atoms with Crippen molar-refractivity contribution < 1.29 is 4.92 Å². The van der Waals surface area contributed by atoms with Crippen LogP contribution in [0, 0.1) is 10.1 Å². The summed E-state index contributed by atoms with van der Waals surface area (Å²) in [6.45, 7) is 1.49. The highest BCUT2D eigenvalue weighted by molar-refractivity contribution is 7.99. The zero-order chi connectivity index (χ0) is 12.3. The molecule has 1 saturated heterocycles. The lowest BCUT2D eigenvalue weighted by atomic mass is 10.3. The number of nitrogens with two attached hydrogens (primary N) is 1. The number of nitrogens with zero attached hydrogens (tertiary/aromatic N) is 4. The van der Waals surface area contributed by atoms with Crippen molar-refractivity contribution in [2.75, 3.05) is 34.9 Å². The molecule has 17 heavy (non-hydrogen) atoms. The van der Waals surface area contributed by atoms with E-state index in [0.29, 0.717) is 5.82 Å². The molecular weight excluding hydrogens is 244 g/mol. The summed E-state index contributed by atoms with van der Waals surface area (Å²) in [4.78, 5) is 20.2. The summed E-state index contributed by atoms with van der Waals surface area (Å²) in [5.74, 6) is 7.47. The van der Waals surface area contributed by atoms with Gasteiger partial charge in [0.05, 0.1) is 4.92 Å². The third kappa shape index (κ3) is 2.39. The Balaban J connectivity index is 2.40. The standard InChI is InChI=1S/C8H12N6O2S/c9-12-7-6(14(15)16)8(11-5-10-7)13-1-3-17-4-2-13/h5H,1-4,9H2,(H,10,11,12). The molecule has 0 amide bonds. The van der Waals surface area contributed by atoms with Gasteiger partial charge in [0.1, 0.15) is 6.33 Å². The quantitative estimate of drug-likeness (QED) is 0.449. The number of hydrogen-bond donors (Lipinski definition) is 2. The van der Waals surface area contributed by atoms with E-state index < -0.39 is 4.92 Å². The zero-order valence-corrected chi connectivity index (χ0v) is 9.81. The summed E-state index contributed by atoms with van der Waals surface area (Å²) in [6.07, 6.45) is 1.28. The summed E-state index contributed by atoms with van der Waals surface area (Å²) in [6, 6.07) is 0. The molecule has 1 aliphatic rings. The largest absolute Gasteiger partial charge is 0.354 e. The zero-order valence-electron chi connectivity index (χ0n) is 9.00. The highest BCUT2D eigenvalue weighted by Crippen LogP contribution is 2.32. The lowest BCUT2D eigenvalue weighted by Gasteiger charge is -2.26. The molecule has 0 aromatic carbocycles. The first kappa shape index (κ1) is 11.9. The highest BCUT2D eigenvalue weighted by Gasteiger charge is 2.27. The van der Waals surface area contributed by atoms with Gasteiger partial charge in [0.25, 0.3) is 0 Å². The number of hydrazine groups is 1. The van der Waals surface area contributed by atoms with Crippen LogP contribution in [-0.2, 0) is 0 Å². The lowest BCUT2D eigenvalue weighted by molar-refractivity contribution is -0.383. The summed E-state index contributed by atoms with van der Waals surface area (Å²) in [5, 5.41) is 11.0. The highest BCUT2D eigenvalue weighted by atomic mass is 32.2. The van der Waals surface area contributed by atoms with Crippen molar-refractivity contribution in [1.82, 2.24) is 9.97 Å². The first-order valence-electron chi connectivity index (χ1n) is 5.02. The van der Waals surface area contributed by atoms with Gasteiger partial charge in [-0.2, -0.15) is 11.8 Å². The Morgan fingerprint density at radius 3 is 2.76 bits per heavy atom. The molecule has 8 nitrogen and oxygen atoms in total. The van der Waals surface area contributed by atoms with Crippen LogP contribution in [0.25, 0.3) is 0 Å². The van der Waals surface area contributed by atoms with E-state index in [9.17, 15) is 10.1 Å². The van der Waals surface area contributed by atoms with Crippen LogP contribution in [0.1, 0.15) is 0 Å². The molecule has 0 bridgehead atoms. The normalized spacial score (nSPS) is 15.7. The van der Waals surface area contributed by atoms with Crippen LogP contribution in [-0.4, -0.2) is 39.5 Å². The lowest BCUT2D eigenvalue weighted by Crippen LogP contribution is -2.34. The Bertz CT molecular complexity index is 422. The fourth-order valence-electron chi connectivity index (χ4n) is 1.65. The van der Waals surface area contributed by atoms with Crippen LogP contribution in [0.3, 0.4) is 0 Å².